The summed E-state index contributed by atoms with van der Waals surface area (Å²) in [7, 11) is 0. The molecule has 3 aliphatic rings. The lowest BCUT2D eigenvalue weighted by atomic mass is 10.1. The SMILES string of the molecule is O=C(NCc1ccc(C(F)(F)F)cc1)N1CCc2nc(N3C4CCC3CNC4)sc2C1. The van der Waals surface area contributed by atoms with Crippen molar-refractivity contribution in [1.29, 1.82) is 0 Å². The Morgan fingerprint density at radius 3 is 2.58 bits per heavy atom. The maximum absolute atomic E-state index is 12.7. The Morgan fingerprint density at radius 2 is 1.90 bits per heavy atom. The van der Waals surface area contributed by atoms with E-state index in [0.29, 0.717) is 30.7 Å². The maximum atomic E-state index is 12.7. The highest BCUT2D eigenvalue weighted by molar-refractivity contribution is 7.15. The summed E-state index contributed by atoms with van der Waals surface area (Å²) in [6, 6.07) is 5.68. The highest BCUT2D eigenvalue weighted by Gasteiger charge is 2.39. The maximum Gasteiger partial charge on any atom is 0.416 e. The first-order valence-corrected chi connectivity index (χ1v) is 11.4. The van der Waals surface area contributed by atoms with Crippen LogP contribution in [0.2, 0.25) is 0 Å². The number of rotatable bonds is 3. The molecule has 2 aromatic rings. The fourth-order valence-electron chi connectivity index (χ4n) is 4.66. The summed E-state index contributed by atoms with van der Waals surface area (Å²) < 4.78 is 38.0. The van der Waals surface area contributed by atoms with Gasteiger partial charge in [-0.1, -0.05) is 23.5 Å². The van der Waals surface area contributed by atoms with Gasteiger partial charge in [-0.3, -0.25) is 0 Å². The fourth-order valence-corrected chi connectivity index (χ4v) is 5.92. The Labute approximate surface area is 182 Å². The molecular formula is C21H24F3N5OS. The molecule has 0 saturated carbocycles. The second-order valence-corrected chi connectivity index (χ2v) is 9.40. The number of urea groups is 1. The molecule has 6 nitrogen and oxygen atoms in total. The van der Waals surface area contributed by atoms with E-state index in [1.54, 1.807) is 16.2 Å². The molecule has 5 rings (SSSR count). The molecule has 3 aliphatic heterocycles. The standard InChI is InChI=1S/C21H24F3N5OS/c22-21(23,24)14-3-1-13(2-4-14)9-26-19(30)28-8-7-17-18(12-28)31-20(27-17)29-15-5-6-16(29)11-25-10-15/h1-4,15-16,25H,5-12H2,(H,26,30). The van der Waals surface area contributed by atoms with Gasteiger partial charge in [-0.05, 0) is 30.5 Å². The number of thiazole rings is 1. The normalized spacial score (nSPS) is 23.1. The van der Waals surface area contributed by atoms with Gasteiger partial charge in [0.15, 0.2) is 5.13 Å². The van der Waals surface area contributed by atoms with Gasteiger partial charge >= 0.3 is 12.2 Å². The summed E-state index contributed by atoms with van der Waals surface area (Å²) >= 11 is 1.69. The van der Waals surface area contributed by atoms with Crippen LogP contribution in [0.1, 0.15) is 34.5 Å². The zero-order valence-corrected chi connectivity index (χ0v) is 17.7. The summed E-state index contributed by atoms with van der Waals surface area (Å²) in [6.45, 7) is 3.30. The van der Waals surface area contributed by atoms with Crippen LogP contribution in [-0.2, 0) is 25.7 Å². The zero-order valence-electron chi connectivity index (χ0n) is 16.9. The lowest BCUT2D eigenvalue weighted by Gasteiger charge is -2.35. The third kappa shape index (κ3) is 4.10. The molecule has 1 aromatic heterocycles. The third-order valence-electron chi connectivity index (χ3n) is 6.33. The first kappa shape index (κ1) is 20.6. The van der Waals surface area contributed by atoms with E-state index in [2.05, 4.69) is 15.5 Å². The van der Waals surface area contributed by atoms with Crippen LogP contribution in [-0.4, -0.2) is 47.6 Å². The number of aromatic nitrogens is 1. The van der Waals surface area contributed by atoms with Crippen molar-refractivity contribution in [3.05, 3.63) is 46.0 Å². The van der Waals surface area contributed by atoms with Crippen LogP contribution in [0.5, 0.6) is 0 Å². The second-order valence-electron chi connectivity index (χ2n) is 8.34. The smallest absolute Gasteiger partial charge is 0.340 e. The average Bonchev–Trinajstić information content (AvgIpc) is 3.28. The van der Waals surface area contributed by atoms with Crippen molar-refractivity contribution in [2.24, 2.45) is 0 Å². The second kappa shape index (κ2) is 7.98. The summed E-state index contributed by atoms with van der Waals surface area (Å²) in [6.07, 6.45) is -1.24. The molecular weight excluding hydrogens is 427 g/mol. The molecule has 4 heterocycles. The number of alkyl halides is 3. The molecule has 2 amide bonds. The van der Waals surface area contributed by atoms with Crippen LogP contribution < -0.4 is 15.5 Å². The minimum absolute atomic E-state index is 0.193. The van der Waals surface area contributed by atoms with Crippen molar-refractivity contribution in [2.75, 3.05) is 24.5 Å². The largest absolute Gasteiger partial charge is 0.416 e. The van der Waals surface area contributed by atoms with Gasteiger partial charge in [0.25, 0.3) is 0 Å². The van der Waals surface area contributed by atoms with Crippen LogP contribution in [0.3, 0.4) is 0 Å². The Balaban J connectivity index is 1.20. The van der Waals surface area contributed by atoms with Crippen LogP contribution in [0, 0.1) is 0 Å². The Morgan fingerprint density at radius 1 is 1.19 bits per heavy atom. The van der Waals surface area contributed by atoms with Crippen molar-refractivity contribution in [3.8, 4) is 0 Å². The predicted molar refractivity (Wildman–Crippen MR) is 112 cm³/mol. The molecule has 2 unspecified atom stereocenters. The number of hydrogen-bond acceptors (Lipinski definition) is 5. The minimum Gasteiger partial charge on any atom is -0.340 e. The van der Waals surface area contributed by atoms with Gasteiger partial charge in [-0.2, -0.15) is 13.2 Å². The topological polar surface area (TPSA) is 60.5 Å². The molecule has 1 aromatic carbocycles. The van der Waals surface area contributed by atoms with Crippen molar-refractivity contribution in [2.45, 2.75) is 50.6 Å². The van der Waals surface area contributed by atoms with E-state index in [1.165, 1.54) is 25.0 Å². The lowest BCUT2D eigenvalue weighted by molar-refractivity contribution is -0.137. The summed E-state index contributed by atoms with van der Waals surface area (Å²) in [4.78, 5) is 22.9. The van der Waals surface area contributed by atoms with E-state index in [-0.39, 0.29) is 12.6 Å². The van der Waals surface area contributed by atoms with E-state index in [0.717, 1.165) is 47.3 Å². The number of amides is 2. The summed E-state index contributed by atoms with van der Waals surface area (Å²) in [5, 5.41) is 7.38. The zero-order chi connectivity index (χ0) is 21.6. The molecule has 0 spiro atoms. The third-order valence-corrected chi connectivity index (χ3v) is 7.43. The van der Waals surface area contributed by atoms with Crippen LogP contribution >= 0.6 is 11.3 Å². The molecule has 10 heteroatoms. The Bertz CT molecular complexity index is 945. The Kier molecular flexibility index (Phi) is 5.29. The molecule has 0 radical (unpaired) electrons. The minimum atomic E-state index is -4.36. The van der Waals surface area contributed by atoms with Crippen molar-refractivity contribution >= 4 is 22.5 Å². The first-order valence-electron chi connectivity index (χ1n) is 10.5. The predicted octanol–water partition coefficient (Wildman–Crippen LogP) is 3.37. The number of carbonyl (C=O) groups excluding carboxylic acids is 1. The van der Waals surface area contributed by atoms with Gasteiger partial charge in [0.05, 0.1) is 17.8 Å². The van der Waals surface area contributed by atoms with Gasteiger partial charge in [0.2, 0.25) is 0 Å². The number of anilines is 1. The van der Waals surface area contributed by atoms with Gasteiger partial charge in [0, 0.05) is 49.6 Å². The monoisotopic (exact) mass is 451 g/mol. The molecule has 2 fully saturated rings. The number of piperazine rings is 1. The van der Waals surface area contributed by atoms with Gasteiger partial charge in [-0.15, -0.1) is 0 Å². The molecule has 2 bridgehead atoms. The van der Waals surface area contributed by atoms with Crippen LogP contribution in [0.4, 0.5) is 23.1 Å². The summed E-state index contributed by atoms with van der Waals surface area (Å²) in [5.41, 5.74) is 1.03. The van der Waals surface area contributed by atoms with E-state index in [1.807, 2.05) is 0 Å². The number of fused-ring (bicyclic) bond motifs is 3. The van der Waals surface area contributed by atoms with E-state index >= 15 is 0 Å². The van der Waals surface area contributed by atoms with Gasteiger partial charge in [-0.25, -0.2) is 9.78 Å². The number of hydrogen-bond donors (Lipinski definition) is 2. The number of nitrogens with zero attached hydrogens (tertiary/aromatic N) is 3. The Hall–Kier alpha value is -2.33. The lowest BCUT2D eigenvalue weighted by Crippen LogP contribution is -2.51. The number of halogens is 3. The highest BCUT2D eigenvalue weighted by atomic mass is 32.1. The summed E-state index contributed by atoms with van der Waals surface area (Å²) in [5.74, 6) is 0. The quantitative estimate of drug-likeness (QED) is 0.751. The average molecular weight is 452 g/mol. The van der Waals surface area contributed by atoms with Crippen LogP contribution in [0.25, 0.3) is 0 Å². The molecule has 31 heavy (non-hydrogen) atoms. The van der Waals surface area contributed by atoms with Gasteiger partial charge < -0.3 is 20.4 Å². The molecule has 2 atom stereocenters. The number of benzene rings is 1. The van der Waals surface area contributed by atoms with E-state index in [4.69, 9.17) is 4.98 Å². The highest BCUT2D eigenvalue weighted by Crippen LogP contribution is 2.38. The number of carbonyl (C=O) groups is 1. The van der Waals surface area contributed by atoms with E-state index < -0.39 is 11.7 Å². The molecule has 166 valence electrons. The van der Waals surface area contributed by atoms with Crippen molar-refractivity contribution < 1.29 is 18.0 Å². The number of nitrogens with one attached hydrogen (secondary N) is 2. The fraction of sp³-hybridized carbons (Fsp3) is 0.524. The van der Waals surface area contributed by atoms with Gasteiger partial charge in [0.1, 0.15) is 0 Å². The van der Waals surface area contributed by atoms with Crippen molar-refractivity contribution in [3.63, 3.8) is 0 Å². The van der Waals surface area contributed by atoms with Crippen LogP contribution in [0.15, 0.2) is 24.3 Å². The van der Waals surface area contributed by atoms with E-state index in [9.17, 15) is 18.0 Å². The molecule has 2 saturated heterocycles. The molecule has 2 N–H and O–H groups in total. The first-order chi connectivity index (χ1) is 14.9. The van der Waals surface area contributed by atoms with Crippen molar-refractivity contribution in [1.82, 2.24) is 20.5 Å². The molecule has 0 aliphatic carbocycles.